The van der Waals surface area contributed by atoms with Crippen LogP contribution in [0.4, 0.5) is 0 Å². The summed E-state index contributed by atoms with van der Waals surface area (Å²) in [5.74, 6) is -1.33. The Bertz CT molecular complexity index is 222. The standard InChI is InChI=1S/C9H14O4/c1-5(2)3-4-6-7(8(10)11)13-9(6)12/h5-7H,3-4H2,1-2H3,(H,10,11)/t6?,7-/m1/s1. The van der Waals surface area contributed by atoms with E-state index in [0.717, 1.165) is 6.42 Å². The van der Waals surface area contributed by atoms with Crippen LogP contribution in [0.25, 0.3) is 0 Å². The molecular weight excluding hydrogens is 172 g/mol. The highest BCUT2D eigenvalue weighted by atomic mass is 16.6. The van der Waals surface area contributed by atoms with E-state index in [1.165, 1.54) is 0 Å². The van der Waals surface area contributed by atoms with E-state index in [2.05, 4.69) is 4.74 Å². The fourth-order valence-corrected chi connectivity index (χ4v) is 1.35. The number of carbonyl (C=O) groups excluding carboxylic acids is 1. The number of aliphatic carboxylic acids is 1. The average Bonchev–Trinajstić information content (AvgIpc) is 1.99. The summed E-state index contributed by atoms with van der Waals surface area (Å²) < 4.78 is 4.51. The fraction of sp³-hybridized carbons (Fsp3) is 0.778. The van der Waals surface area contributed by atoms with E-state index in [1.54, 1.807) is 0 Å². The van der Waals surface area contributed by atoms with Gasteiger partial charge in [0.1, 0.15) is 5.92 Å². The first-order valence-electron chi connectivity index (χ1n) is 4.45. The van der Waals surface area contributed by atoms with Crippen LogP contribution in [-0.4, -0.2) is 23.1 Å². The molecule has 0 aromatic carbocycles. The Morgan fingerprint density at radius 3 is 2.62 bits per heavy atom. The molecule has 0 saturated carbocycles. The number of carboxylic acids is 1. The molecule has 74 valence electrons. The monoisotopic (exact) mass is 186 g/mol. The maximum absolute atomic E-state index is 10.9. The summed E-state index contributed by atoms with van der Waals surface area (Å²) in [6.45, 7) is 4.08. The van der Waals surface area contributed by atoms with E-state index in [-0.39, 0.29) is 5.97 Å². The first-order chi connectivity index (χ1) is 6.02. The first kappa shape index (κ1) is 10.0. The van der Waals surface area contributed by atoms with Gasteiger partial charge >= 0.3 is 11.9 Å². The minimum Gasteiger partial charge on any atom is -0.478 e. The maximum atomic E-state index is 10.9. The van der Waals surface area contributed by atoms with E-state index < -0.39 is 18.0 Å². The van der Waals surface area contributed by atoms with Gasteiger partial charge in [0.05, 0.1) is 0 Å². The van der Waals surface area contributed by atoms with Crippen molar-refractivity contribution >= 4 is 11.9 Å². The molecule has 0 aliphatic carbocycles. The number of rotatable bonds is 4. The van der Waals surface area contributed by atoms with Gasteiger partial charge in [0.2, 0.25) is 6.10 Å². The molecular formula is C9H14O4. The predicted octanol–water partition coefficient (Wildman–Crippen LogP) is 1.05. The number of hydrogen-bond acceptors (Lipinski definition) is 3. The van der Waals surface area contributed by atoms with Crippen LogP contribution < -0.4 is 0 Å². The molecule has 1 N–H and O–H groups in total. The van der Waals surface area contributed by atoms with Gasteiger partial charge in [0.15, 0.2) is 0 Å². The molecule has 1 fully saturated rings. The van der Waals surface area contributed by atoms with E-state index in [0.29, 0.717) is 12.3 Å². The van der Waals surface area contributed by atoms with Gasteiger partial charge in [-0.3, -0.25) is 4.79 Å². The third-order valence-electron chi connectivity index (χ3n) is 2.21. The fourth-order valence-electron chi connectivity index (χ4n) is 1.35. The lowest BCUT2D eigenvalue weighted by atomic mass is 9.89. The number of cyclic esters (lactones) is 1. The van der Waals surface area contributed by atoms with Gasteiger partial charge in [0.25, 0.3) is 0 Å². The molecule has 1 aliphatic heterocycles. The van der Waals surface area contributed by atoms with Gasteiger partial charge in [-0.2, -0.15) is 0 Å². The van der Waals surface area contributed by atoms with Crippen molar-refractivity contribution in [2.45, 2.75) is 32.8 Å². The molecule has 1 saturated heterocycles. The van der Waals surface area contributed by atoms with Crippen LogP contribution in [0.15, 0.2) is 0 Å². The minimum absolute atomic E-state index is 0.368. The lowest BCUT2D eigenvalue weighted by molar-refractivity contribution is -0.196. The third kappa shape index (κ3) is 2.20. The first-order valence-corrected chi connectivity index (χ1v) is 4.45. The number of carboxylic acid groups (broad SMARTS) is 1. The van der Waals surface area contributed by atoms with Gasteiger partial charge in [-0.1, -0.05) is 13.8 Å². The number of ether oxygens (including phenoxy) is 1. The molecule has 0 aromatic rings. The van der Waals surface area contributed by atoms with E-state index in [1.807, 2.05) is 13.8 Å². The molecule has 0 spiro atoms. The zero-order valence-electron chi connectivity index (χ0n) is 7.82. The lowest BCUT2D eigenvalue weighted by Crippen LogP contribution is -2.49. The van der Waals surface area contributed by atoms with Gasteiger partial charge in [0, 0.05) is 0 Å². The van der Waals surface area contributed by atoms with Crippen molar-refractivity contribution in [1.29, 1.82) is 0 Å². The third-order valence-corrected chi connectivity index (χ3v) is 2.21. The molecule has 0 bridgehead atoms. The Kier molecular flexibility index (Phi) is 2.90. The summed E-state index contributed by atoms with van der Waals surface area (Å²) in [5, 5.41) is 8.61. The summed E-state index contributed by atoms with van der Waals surface area (Å²) in [4.78, 5) is 21.4. The second-order valence-electron chi connectivity index (χ2n) is 3.77. The van der Waals surface area contributed by atoms with Crippen LogP contribution in [-0.2, 0) is 14.3 Å². The molecule has 4 nitrogen and oxygen atoms in total. The molecule has 0 amide bonds. The molecule has 1 unspecified atom stereocenters. The van der Waals surface area contributed by atoms with E-state index in [9.17, 15) is 9.59 Å². The zero-order chi connectivity index (χ0) is 10.0. The van der Waals surface area contributed by atoms with Crippen LogP contribution in [0.5, 0.6) is 0 Å². The van der Waals surface area contributed by atoms with Crippen LogP contribution >= 0.6 is 0 Å². The predicted molar refractivity (Wildman–Crippen MR) is 45.1 cm³/mol. The summed E-state index contributed by atoms with van der Waals surface area (Å²) >= 11 is 0. The zero-order valence-corrected chi connectivity index (χ0v) is 7.82. The molecule has 1 aliphatic rings. The molecule has 1 rings (SSSR count). The van der Waals surface area contributed by atoms with E-state index in [4.69, 9.17) is 5.11 Å². The van der Waals surface area contributed by atoms with Crippen LogP contribution in [0.3, 0.4) is 0 Å². The van der Waals surface area contributed by atoms with Gasteiger partial charge in [-0.05, 0) is 18.8 Å². The quantitative estimate of drug-likeness (QED) is 0.666. The average molecular weight is 186 g/mol. The van der Waals surface area contributed by atoms with Crippen molar-refractivity contribution in [3.8, 4) is 0 Å². The minimum atomic E-state index is -1.03. The SMILES string of the molecule is CC(C)CCC1C(=O)O[C@H]1C(=O)O. The Balaban J connectivity index is 2.39. The Morgan fingerprint density at radius 2 is 2.23 bits per heavy atom. The summed E-state index contributed by atoms with van der Waals surface area (Å²) in [6, 6.07) is 0. The highest BCUT2D eigenvalue weighted by Gasteiger charge is 2.46. The van der Waals surface area contributed by atoms with Crippen molar-refractivity contribution < 1.29 is 19.4 Å². The van der Waals surface area contributed by atoms with Gasteiger partial charge < -0.3 is 9.84 Å². The molecule has 2 atom stereocenters. The highest BCUT2D eigenvalue weighted by molar-refractivity contribution is 5.90. The van der Waals surface area contributed by atoms with E-state index >= 15 is 0 Å². The Hall–Kier alpha value is -1.06. The van der Waals surface area contributed by atoms with Crippen LogP contribution in [0.1, 0.15) is 26.7 Å². The second-order valence-corrected chi connectivity index (χ2v) is 3.77. The highest BCUT2D eigenvalue weighted by Crippen LogP contribution is 2.28. The number of esters is 1. The van der Waals surface area contributed by atoms with Crippen molar-refractivity contribution in [3.63, 3.8) is 0 Å². The lowest BCUT2D eigenvalue weighted by Gasteiger charge is -2.32. The molecule has 0 radical (unpaired) electrons. The van der Waals surface area contributed by atoms with Crippen molar-refractivity contribution in [3.05, 3.63) is 0 Å². The second kappa shape index (κ2) is 3.77. The smallest absolute Gasteiger partial charge is 0.345 e. The topological polar surface area (TPSA) is 63.6 Å². The summed E-state index contributed by atoms with van der Waals surface area (Å²) in [7, 11) is 0. The van der Waals surface area contributed by atoms with Gasteiger partial charge in [-0.15, -0.1) is 0 Å². The molecule has 0 aromatic heterocycles. The van der Waals surface area contributed by atoms with Crippen LogP contribution in [0, 0.1) is 11.8 Å². The summed E-state index contributed by atoms with van der Waals surface area (Å²) in [5.41, 5.74) is 0. The van der Waals surface area contributed by atoms with Crippen molar-refractivity contribution in [2.24, 2.45) is 11.8 Å². The number of hydrogen-bond donors (Lipinski definition) is 1. The van der Waals surface area contributed by atoms with Gasteiger partial charge in [-0.25, -0.2) is 4.79 Å². The largest absolute Gasteiger partial charge is 0.478 e. The van der Waals surface area contributed by atoms with Crippen molar-refractivity contribution in [2.75, 3.05) is 0 Å². The summed E-state index contributed by atoms with van der Waals surface area (Å²) in [6.07, 6.45) is 0.586. The molecule has 13 heavy (non-hydrogen) atoms. The van der Waals surface area contributed by atoms with Crippen LogP contribution in [0.2, 0.25) is 0 Å². The van der Waals surface area contributed by atoms with Crippen molar-refractivity contribution in [1.82, 2.24) is 0 Å². The Labute approximate surface area is 76.9 Å². The molecule has 1 heterocycles. The maximum Gasteiger partial charge on any atom is 0.345 e. The Morgan fingerprint density at radius 1 is 1.62 bits per heavy atom. The number of carbonyl (C=O) groups is 2. The molecule has 4 heteroatoms. The normalized spacial score (nSPS) is 26.8.